The molecule has 0 bridgehead atoms. The average Bonchev–Trinajstić information content (AvgIpc) is 3.92. The normalized spacial score (nSPS) is 32.7. The van der Waals surface area contributed by atoms with Crippen LogP contribution >= 0.6 is 15.6 Å². The maximum atomic E-state index is 13.0. The third-order valence-electron chi connectivity index (χ3n) is 8.76. The second-order valence-electron chi connectivity index (χ2n) is 15.3. The highest BCUT2D eigenvalue weighted by Gasteiger charge is 2.42. The van der Waals surface area contributed by atoms with Gasteiger partial charge in [0.25, 0.3) is 0 Å². The number of hydrogen-bond acceptors (Lipinski definition) is 18. The number of aliphatic hydroxyl groups excluding tert-OH is 2. The molecule has 4 fully saturated rings. The van der Waals surface area contributed by atoms with E-state index in [-0.39, 0.29) is 80.7 Å². The van der Waals surface area contributed by atoms with Gasteiger partial charge in [-0.15, -0.1) is 0 Å². The van der Waals surface area contributed by atoms with E-state index in [4.69, 9.17) is 88.0 Å². The molecule has 0 aromatic carbocycles. The third-order valence-corrected chi connectivity index (χ3v) is 11.5. The molecule has 4 aliphatic heterocycles. The minimum absolute atomic E-state index is 0.00530. The Hall–Kier alpha value is 0.0797. The Balaban J connectivity index is 0.000000462. The number of hydrogen-bond donors (Lipinski definition) is 2. The molecule has 0 spiro atoms. The Kier molecular flexibility index (Phi) is 28.6. The fourth-order valence-corrected chi connectivity index (χ4v) is 7.54. The quantitative estimate of drug-likeness (QED) is 0.133. The first-order valence-corrected chi connectivity index (χ1v) is 23.2. The second-order valence-corrected chi connectivity index (χ2v) is 19.0. The Morgan fingerprint density at radius 1 is 0.533 bits per heavy atom. The highest BCUT2D eigenvalue weighted by Crippen LogP contribution is 2.52. The van der Waals surface area contributed by atoms with Gasteiger partial charge in [0.15, 0.2) is 0 Å². The lowest BCUT2D eigenvalue weighted by atomic mass is 9.96. The van der Waals surface area contributed by atoms with Crippen molar-refractivity contribution in [1.29, 1.82) is 0 Å². The van der Waals surface area contributed by atoms with Crippen LogP contribution in [0.2, 0.25) is 0 Å². The monoisotopic (exact) mass is 896 g/mol. The summed E-state index contributed by atoms with van der Waals surface area (Å²) in [6.07, 6.45) is -0.371. The Morgan fingerprint density at radius 3 is 1.27 bits per heavy atom. The van der Waals surface area contributed by atoms with Crippen LogP contribution in [0.3, 0.4) is 0 Å². The number of phosphoric acid groups is 2. The van der Waals surface area contributed by atoms with Crippen LogP contribution in [-0.4, -0.2) is 194 Å². The predicted molar refractivity (Wildman–Crippen MR) is 225 cm³/mol. The van der Waals surface area contributed by atoms with Gasteiger partial charge in [0.1, 0.15) is 55.8 Å². The summed E-state index contributed by atoms with van der Waals surface area (Å²) in [5, 5.41) is 18.3. The molecule has 0 aromatic rings. The molecule has 4 aliphatic rings. The zero-order valence-corrected chi connectivity index (χ0v) is 39.3. The lowest BCUT2D eigenvalue weighted by molar-refractivity contribution is -0.0660. The lowest BCUT2D eigenvalue weighted by Crippen LogP contribution is -2.32. The van der Waals surface area contributed by atoms with Crippen LogP contribution in [-0.2, 0) is 74.2 Å². The van der Waals surface area contributed by atoms with E-state index in [1.807, 2.05) is 55.4 Å². The number of aliphatic hydroxyl groups is 2. The highest BCUT2D eigenvalue weighted by atomic mass is 31.2. The average molecular weight is 896 g/mol. The van der Waals surface area contributed by atoms with E-state index in [0.29, 0.717) is 32.3 Å². The summed E-state index contributed by atoms with van der Waals surface area (Å²) in [4.78, 5) is 0. The molecule has 24 heteroatoms. The Bertz CT molecular complexity index is 1210. The molecule has 344 valence electrons. The van der Waals surface area contributed by atoms with E-state index < -0.39 is 52.1 Å². The van der Waals surface area contributed by atoms with Crippen molar-refractivity contribution in [2.75, 3.05) is 54.9 Å². The van der Waals surface area contributed by atoms with Crippen LogP contribution in [0.15, 0.2) is 0 Å². The van der Waals surface area contributed by atoms with Gasteiger partial charge in [-0.25, -0.2) is 9.13 Å². The maximum Gasteiger partial charge on any atom is 0.474 e. The van der Waals surface area contributed by atoms with Gasteiger partial charge in [-0.3, -0.25) is 27.1 Å². The van der Waals surface area contributed by atoms with Gasteiger partial charge >= 0.3 is 15.6 Å². The van der Waals surface area contributed by atoms with E-state index >= 15 is 0 Å². The van der Waals surface area contributed by atoms with Gasteiger partial charge in [-0.05, 0) is 81.1 Å². The fraction of sp³-hybridized carbons (Fsp3) is 1.00. The summed E-state index contributed by atoms with van der Waals surface area (Å²) in [5.74, 6) is 0. The molecule has 4 saturated heterocycles. The van der Waals surface area contributed by atoms with Crippen LogP contribution in [0.1, 0.15) is 81.1 Å². The number of ether oxygens (including phenoxy) is 8. The zero-order valence-electron chi connectivity index (χ0n) is 37.5. The smallest absolute Gasteiger partial charge is 0.394 e. The van der Waals surface area contributed by atoms with Crippen LogP contribution < -0.4 is 0 Å². The first kappa shape index (κ1) is 58.1. The molecule has 8 radical (unpaired) electrons. The van der Waals surface area contributed by atoms with E-state index in [0.717, 1.165) is 0 Å². The Labute approximate surface area is 363 Å². The van der Waals surface area contributed by atoms with E-state index in [2.05, 4.69) is 13.6 Å². The second kappa shape index (κ2) is 29.6. The molecule has 2 N–H and O–H groups in total. The van der Waals surface area contributed by atoms with Gasteiger partial charge in [0.05, 0.1) is 75.3 Å². The van der Waals surface area contributed by atoms with E-state index in [1.165, 1.54) is 28.4 Å². The van der Waals surface area contributed by atoms with Crippen molar-refractivity contribution in [2.24, 2.45) is 0 Å². The summed E-state index contributed by atoms with van der Waals surface area (Å²) in [6.45, 7) is 16.1. The summed E-state index contributed by atoms with van der Waals surface area (Å²) in [7, 11) is 20.8. The molecule has 0 aliphatic carbocycles. The van der Waals surface area contributed by atoms with Gasteiger partial charge in [-0.1, -0.05) is 0 Å². The lowest BCUT2D eigenvalue weighted by Gasteiger charge is -2.26. The highest BCUT2D eigenvalue weighted by molar-refractivity contribution is 7.48. The van der Waals surface area contributed by atoms with Crippen molar-refractivity contribution in [2.45, 2.75) is 178 Å². The molecular weight excluding hydrogens is 826 g/mol. The van der Waals surface area contributed by atoms with E-state index in [1.54, 1.807) is 0 Å². The van der Waals surface area contributed by atoms with Crippen LogP contribution in [0.4, 0.5) is 0 Å². The minimum Gasteiger partial charge on any atom is -0.394 e. The summed E-state index contributed by atoms with van der Waals surface area (Å²) >= 11 is 0. The molecule has 0 aromatic heterocycles. The van der Waals surface area contributed by atoms with Crippen LogP contribution in [0.25, 0.3) is 0 Å². The molecule has 1 unspecified atom stereocenters. The molecule has 4 rings (SSSR count). The molecule has 60 heavy (non-hydrogen) atoms. The SMILES string of the molecule is COP(=O)(OC)OC.[B][C@H]1C[C@@H](O)[C@@H](COC(C)C)O1.[B][C@H]1C[C@@H](OC(C)C)[C@@H](CO)O1.[B][C@H]1C[C@@H](OC(C)C)[C@@H](COP(=O)(OC)O[C@@H]2C[C@H]([B])O[C@@H]2COC(C)C)O1. The summed E-state index contributed by atoms with van der Waals surface area (Å²) in [6, 6.07) is -1.61. The molecule has 0 amide bonds. The third kappa shape index (κ3) is 22.8. The molecule has 18 nitrogen and oxygen atoms in total. The number of rotatable bonds is 20. The van der Waals surface area contributed by atoms with Crippen molar-refractivity contribution in [3.05, 3.63) is 0 Å². The van der Waals surface area contributed by atoms with Crippen LogP contribution in [0, 0.1) is 0 Å². The molecular formula is C36H70B4O18P2. The first-order valence-electron chi connectivity index (χ1n) is 20.3. The van der Waals surface area contributed by atoms with Crippen molar-refractivity contribution in [3.8, 4) is 0 Å². The van der Waals surface area contributed by atoms with E-state index in [9.17, 15) is 14.2 Å². The van der Waals surface area contributed by atoms with Gasteiger partial charge in [0, 0.05) is 52.5 Å². The predicted octanol–water partition coefficient (Wildman–Crippen LogP) is 3.07. The summed E-state index contributed by atoms with van der Waals surface area (Å²) in [5.41, 5.74) is 0. The molecule has 4 heterocycles. The maximum absolute atomic E-state index is 13.0. The standard InChI is InChI=1S/C17H31B2O8P.2C8H15BO3.C3H9O4P/c1-10(2)22-8-14-13(7-17(19)25-14)27-28(20,21-5)23-9-15-12(24-11(3)4)6-16(18)26-15;1-5(2)11-4-7-6(10)3-8(9)12-7;1-5(2)11-6-3-8(9)12-7(6)4-10;1-5-8(4,6-2)7-3/h10-17H,6-9H2,1-5H3;2*5-8,10H,3-4H2,1-2H3;1-3H3/t12-,13-,14-,15-,16-,17-,28?;2*6-,7-,8-;/m111./s1. The zero-order chi connectivity index (χ0) is 45.8. The topological polar surface area (TPSA) is 204 Å². The van der Waals surface area contributed by atoms with Crippen molar-refractivity contribution in [3.63, 3.8) is 0 Å². The van der Waals surface area contributed by atoms with Crippen molar-refractivity contribution >= 4 is 47.0 Å². The van der Waals surface area contributed by atoms with Crippen LogP contribution in [0.5, 0.6) is 0 Å². The first-order chi connectivity index (χ1) is 28.0. The van der Waals surface area contributed by atoms with Gasteiger partial charge in [0.2, 0.25) is 0 Å². The molecule has 13 atom stereocenters. The van der Waals surface area contributed by atoms with Gasteiger partial charge in [-0.2, -0.15) is 0 Å². The van der Waals surface area contributed by atoms with Crippen molar-refractivity contribution in [1.82, 2.24) is 0 Å². The largest absolute Gasteiger partial charge is 0.474 e. The van der Waals surface area contributed by atoms with Crippen molar-refractivity contribution < 1.29 is 84.4 Å². The minimum atomic E-state index is -3.86. The number of phosphoric ester groups is 2. The summed E-state index contributed by atoms with van der Waals surface area (Å²) < 4.78 is 96.8. The van der Waals surface area contributed by atoms with Gasteiger partial charge < -0.3 is 48.1 Å². The fourth-order valence-electron chi connectivity index (χ4n) is 5.96. The molecule has 0 saturated carbocycles. The Morgan fingerprint density at radius 2 is 0.900 bits per heavy atom.